The number of rotatable bonds is 14. The number of hydrogen-bond donors (Lipinski definition) is 2. The Morgan fingerprint density at radius 3 is 2.46 bits per heavy atom. The van der Waals surface area contributed by atoms with Crippen LogP contribution in [0.1, 0.15) is 108 Å². The van der Waals surface area contributed by atoms with Crippen molar-refractivity contribution in [3.8, 4) is 11.3 Å². The van der Waals surface area contributed by atoms with E-state index in [-0.39, 0.29) is 36.2 Å². The molecule has 0 bridgehead atoms. The predicted octanol–water partition coefficient (Wildman–Crippen LogP) is 7.61. The third-order valence-electron chi connectivity index (χ3n) is 14.0. The molecule has 3 saturated heterocycles. The number of methoxy groups -OCH3 is 1. The number of cyclic esters (lactones) is 1. The number of amides is 2. The number of carbonyl (C=O) groups is 4. The monoisotopic (exact) mass is 967 g/mol. The van der Waals surface area contributed by atoms with E-state index in [9.17, 15) is 19.2 Å². The third kappa shape index (κ3) is 13.5. The molecule has 69 heavy (non-hydrogen) atoms. The Kier molecular flexibility index (Phi) is 18.7. The summed E-state index contributed by atoms with van der Waals surface area (Å²) in [7, 11) is 5.57. The Morgan fingerprint density at radius 1 is 1.10 bits per heavy atom. The van der Waals surface area contributed by atoms with E-state index in [1.54, 1.807) is 63.4 Å². The summed E-state index contributed by atoms with van der Waals surface area (Å²) >= 11 is 0. The van der Waals surface area contributed by atoms with Gasteiger partial charge in [0.15, 0.2) is 17.7 Å². The Bertz CT molecular complexity index is 2130. The molecule has 2 amide bonds. The molecular weight excluding hydrogens is 889 g/mol. The minimum Gasteiger partial charge on any atom is -0.458 e. The maximum atomic E-state index is 14.6. The average molecular weight is 967 g/mol. The first-order chi connectivity index (χ1) is 32.4. The fourth-order valence-corrected chi connectivity index (χ4v) is 10.4. The zero-order chi connectivity index (χ0) is 51.0. The quantitative estimate of drug-likeness (QED) is 0.0353. The van der Waals surface area contributed by atoms with Gasteiger partial charge in [0.2, 0.25) is 0 Å². The van der Waals surface area contributed by atoms with Crippen molar-refractivity contribution < 1.29 is 47.6 Å². The molecule has 2 aromatic rings. The van der Waals surface area contributed by atoms with Crippen LogP contribution in [0.5, 0.6) is 0 Å². The highest BCUT2D eigenvalue weighted by molar-refractivity contribution is 6.00. The molecule has 0 radical (unpaired) electrons. The molecule has 0 aliphatic carbocycles. The summed E-state index contributed by atoms with van der Waals surface area (Å²) in [4.78, 5) is 61.9. The number of esters is 1. The standard InChI is InChI=1S/C49H78N10O10/c1-15-39-49(11)41(59(46(63)69-49)22-17-16-21-58-28-37(54-56-58)34-19-18-20-35(23-34)53-45(62)68-47(7,8)9)33(6)51-26-29(2)25-48(10,64-14)42(31(4)40(60)32(5)43(61)66-39)67-44-30(3)38(57(12)13)24-36(65-44)27-52-55-50/h18-20,23,28-33,36,38-39,41-42,44,51H,15-17,21-22,24-27H2,1-14H3,(H,53,62)/t29-,30?,31+,32-,33-,36?,38?,39-,41-,42-,44+,48-,49-/m1/s1. The number of carbonyl (C=O) groups excluding carboxylic acids is 4. The van der Waals surface area contributed by atoms with Gasteiger partial charge < -0.3 is 38.6 Å². The van der Waals surface area contributed by atoms with Crippen molar-refractivity contribution in [3.63, 3.8) is 0 Å². The molecule has 5 rings (SSSR count). The molecule has 384 valence electrons. The van der Waals surface area contributed by atoms with Gasteiger partial charge in [-0.05, 0) is 125 Å². The van der Waals surface area contributed by atoms with E-state index in [0.29, 0.717) is 63.1 Å². The number of aryl methyl sites for hydroxylation is 1. The van der Waals surface area contributed by atoms with Gasteiger partial charge >= 0.3 is 18.2 Å². The van der Waals surface area contributed by atoms with Crippen molar-refractivity contribution >= 4 is 29.6 Å². The van der Waals surface area contributed by atoms with Crippen molar-refractivity contribution in [2.45, 2.75) is 174 Å². The summed E-state index contributed by atoms with van der Waals surface area (Å²) in [6, 6.07) is 6.43. The van der Waals surface area contributed by atoms with Crippen LogP contribution in [0.4, 0.5) is 15.3 Å². The van der Waals surface area contributed by atoms with Crippen molar-refractivity contribution in [1.82, 2.24) is 30.1 Å². The van der Waals surface area contributed by atoms with Crippen LogP contribution in [-0.4, -0.2) is 149 Å². The number of nitrogens with one attached hydrogen (secondary N) is 2. The minimum absolute atomic E-state index is 0.0262. The summed E-state index contributed by atoms with van der Waals surface area (Å²) in [6.45, 7) is 22.0. The first kappa shape index (κ1) is 55.1. The topological polar surface area (TPSA) is 234 Å². The highest BCUT2D eigenvalue weighted by atomic mass is 16.7. The summed E-state index contributed by atoms with van der Waals surface area (Å²) in [5, 5.41) is 19.0. The molecule has 3 aliphatic rings. The molecule has 20 nitrogen and oxygen atoms in total. The second-order valence-electron chi connectivity index (χ2n) is 21.0. The lowest BCUT2D eigenvalue weighted by Gasteiger charge is -2.47. The van der Waals surface area contributed by atoms with E-state index in [1.165, 1.54) is 0 Å². The van der Waals surface area contributed by atoms with Crippen LogP contribution in [0.2, 0.25) is 0 Å². The Labute approximate surface area is 407 Å². The largest absolute Gasteiger partial charge is 0.458 e. The lowest BCUT2D eigenvalue weighted by atomic mass is 9.78. The normalized spacial score (nSPS) is 32.8. The molecule has 3 aliphatic heterocycles. The second kappa shape index (κ2) is 23.4. The van der Waals surface area contributed by atoms with Gasteiger partial charge in [0.1, 0.15) is 23.3 Å². The maximum absolute atomic E-state index is 14.6. The van der Waals surface area contributed by atoms with Crippen LogP contribution in [0.15, 0.2) is 35.6 Å². The van der Waals surface area contributed by atoms with Gasteiger partial charge in [-0.2, -0.15) is 0 Å². The molecule has 2 N–H and O–H groups in total. The number of aromatic nitrogens is 3. The number of hydrogen-bond acceptors (Lipinski definition) is 15. The summed E-state index contributed by atoms with van der Waals surface area (Å²) in [6.07, 6.45) is 0.519. The van der Waals surface area contributed by atoms with Gasteiger partial charge in [-0.1, -0.05) is 50.2 Å². The number of ether oxygens (including phenoxy) is 6. The fourth-order valence-electron chi connectivity index (χ4n) is 10.4. The van der Waals surface area contributed by atoms with Crippen LogP contribution in [0, 0.1) is 23.7 Å². The summed E-state index contributed by atoms with van der Waals surface area (Å²) < 4.78 is 39.4. The number of unbranched alkanes of at least 4 members (excludes halogenated alkanes) is 1. The lowest BCUT2D eigenvalue weighted by molar-refractivity contribution is -0.281. The average Bonchev–Trinajstić information content (AvgIpc) is 3.87. The number of nitrogens with zero attached hydrogens (tertiary/aromatic N) is 8. The molecule has 13 atom stereocenters. The smallest absolute Gasteiger partial charge is 0.412 e. The molecule has 0 saturated carbocycles. The second-order valence-corrected chi connectivity index (χ2v) is 21.0. The number of benzene rings is 1. The van der Waals surface area contributed by atoms with E-state index in [0.717, 1.165) is 5.56 Å². The zero-order valence-electron chi connectivity index (χ0n) is 43.3. The van der Waals surface area contributed by atoms with E-state index < -0.39 is 77.4 Å². The van der Waals surface area contributed by atoms with Crippen molar-refractivity contribution in [3.05, 3.63) is 40.9 Å². The molecule has 20 heteroatoms. The van der Waals surface area contributed by atoms with Gasteiger partial charge in [0, 0.05) is 60.3 Å². The van der Waals surface area contributed by atoms with Crippen LogP contribution in [0.25, 0.3) is 21.7 Å². The summed E-state index contributed by atoms with van der Waals surface area (Å²) in [5.74, 6) is -3.31. The third-order valence-corrected chi connectivity index (χ3v) is 14.0. The molecule has 1 aromatic heterocycles. The Morgan fingerprint density at radius 2 is 1.81 bits per heavy atom. The van der Waals surface area contributed by atoms with Crippen molar-refractivity contribution in [2.24, 2.45) is 28.8 Å². The van der Waals surface area contributed by atoms with E-state index >= 15 is 0 Å². The first-order valence-corrected chi connectivity index (χ1v) is 24.5. The van der Waals surface area contributed by atoms with Crippen LogP contribution in [0.3, 0.4) is 0 Å². The highest BCUT2D eigenvalue weighted by Gasteiger charge is 2.58. The van der Waals surface area contributed by atoms with Gasteiger partial charge in [0.05, 0.1) is 36.6 Å². The minimum atomic E-state index is -1.27. The molecule has 4 heterocycles. The molecular formula is C49H78N10O10. The van der Waals surface area contributed by atoms with Gasteiger partial charge in [-0.3, -0.25) is 24.5 Å². The lowest BCUT2D eigenvalue weighted by Crippen LogP contribution is -2.61. The first-order valence-electron chi connectivity index (χ1n) is 24.5. The molecule has 1 aromatic carbocycles. The summed E-state index contributed by atoms with van der Waals surface area (Å²) in [5.41, 5.74) is 8.13. The Balaban J connectivity index is 1.34. The molecule has 3 unspecified atom stereocenters. The number of anilines is 1. The Hall–Kier alpha value is -4.85. The van der Waals surface area contributed by atoms with Crippen molar-refractivity contribution in [1.29, 1.82) is 0 Å². The number of ketones is 1. The van der Waals surface area contributed by atoms with Crippen LogP contribution in [-0.2, 0) is 44.6 Å². The number of azide groups is 1. The zero-order valence-corrected chi connectivity index (χ0v) is 43.3. The number of Topliss-reactive ketones (excluding diaryl/α,β-unsaturated/α-hetero) is 1. The van der Waals surface area contributed by atoms with Crippen molar-refractivity contribution in [2.75, 3.05) is 46.2 Å². The maximum Gasteiger partial charge on any atom is 0.412 e. The van der Waals surface area contributed by atoms with Gasteiger partial charge in [-0.15, -0.1) is 5.10 Å². The van der Waals surface area contributed by atoms with E-state index in [1.807, 2.05) is 67.0 Å². The van der Waals surface area contributed by atoms with Gasteiger partial charge in [0.25, 0.3) is 0 Å². The van der Waals surface area contributed by atoms with Gasteiger partial charge in [-0.25, -0.2) is 9.59 Å². The predicted molar refractivity (Wildman–Crippen MR) is 259 cm³/mol. The SMILES string of the molecule is CC[C@H]1OC(=O)[C@H](C)C(=O)[C@H](C)[C@@H](O[C@@H]2OC(CN=[N+]=[N-])CC(N(C)C)C2C)[C@](C)(OC)C[C@@H](C)CN[C@H](C)[C@H]2N(CCCCn3cc(-c4cccc(NC(=O)OC(C)(C)C)c4)nn3)C(=O)O[C@]12C. The van der Waals surface area contributed by atoms with E-state index in [4.69, 9.17) is 34.0 Å². The number of fused-ring (bicyclic) bond motifs is 1. The fraction of sp³-hybridized carbons (Fsp3) is 0.755. The highest BCUT2D eigenvalue weighted by Crippen LogP contribution is 2.41. The van der Waals surface area contributed by atoms with E-state index in [2.05, 4.69) is 42.8 Å². The van der Waals surface area contributed by atoms with Crippen LogP contribution >= 0.6 is 0 Å². The van der Waals surface area contributed by atoms with Crippen LogP contribution < -0.4 is 10.6 Å². The molecule has 3 fully saturated rings. The molecule has 0 spiro atoms.